The molecule has 1 N–H and O–H groups in total. The number of unbranched alkanes of at least 4 members (excludes halogenated alkanes) is 2. The van der Waals surface area contributed by atoms with Crippen LogP contribution < -0.4 is 10.2 Å². The summed E-state index contributed by atoms with van der Waals surface area (Å²) in [6.07, 6.45) is 3.98. The Morgan fingerprint density at radius 3 is 2.93 bits per heavy atom. The monoisotopic (exact) mass is 421 g/mol. The molecule has 0 radical (unpaired) electrons. The van der Waals surface area contributed by atoms with Crippen molar-refractivity contribution in [2.24, 2.45) is 5.92 Å². The summed E-state index contributed by atoms with van der Waals surface area (Å²) in [6, 6.07) is 3.23. The molecule has 1 unspecified atom stereocenters. The van der Waals surface area contributed by atoms with E-state index in [1.165, 1.54) is 22.3 Å². The molecule has 1 aliphatic heterocycles. The van der Waals surface area contributed by atoms with Crippen LogP contribution in [0.2, 0.25) is 0 Å². The number of carbonyl (C=O) groups is 2. The zero-order chi connectivity index (χ0) is 21.0. The third-order valence-corrected chi connectivity index (χ3v) is 5.52. The van der Waals surface area contributed by atoms with Crippen molar-refractivity contribution in [3.63, 3.8) is 0 Å². The molecule has 2 heterocycles. The SMILES string of the molecule is CCCCCc1nnc(NC(=O)C2CC(=O)N(c3ccc(F)c([N+](=O)[O-])c3)C2)s1. The van der Waals surface area contributed by atoms with Crippen molar-refractivity contribution >= 4 is 39.7 Å². The van der Waals surface area contributed by atoms with E-state index in [-0.39, 0.29) is 30.5 Å². The average molecular weight is 421 g/mol. The zero-order valence-corrected chi connectivity index (χ0v) is 16.6. The Bertz CT molecular complexity index is 935. The number of anilines is 2. The van der Waals surface area contributed by atoms with Gasteiger partial charge in [-0.2, -0.15) is 4.39 Å². The van der Waals surface area contributed by atoms with Crippen LogP contribution in [0.1, 0.15) is 37.6 Å². The number of nitro benzene ring substituents is 1. The standard InChI is InChI=1S/C18H20FN5O4S/c1-2-3-4-5-15-21-22-18(29-15)20-17(26)11-8-16(25)23(10-11)12-6-7-13(19)14(9-12)24(27)28/h6-7,9,11H,2-5,8,10H2,1H3,(H,20,22,26). The van der Waals surface area contributed by atoms with Crippen molar-refractivity contribution in [3.05, 3.63) is 39.1 Å². The Morgan fingerprint density at radius 1 is 1.41 bits per heavy atom. The number of amides is 2. The van der Waals surface area contributed by atoms with Gasteiger partial charge >= 0.3 is 5.69 Å². The van der Waals surface area contributed by atoms with E-state index in [1.807, 2.05) is 0 Å². The summed E-state index contributed by atoms with van der Waals surface area (Å²) in [7, 11) is 0. The van der Waals surface area contributed by atoms with Gasteiger partial charge < -0.3 is 10.2 Å². The van der Waals surface area contributed by atoms with Crippen molar-refractivity contribution in [2.45, 2.75) is 39.0 Å². The number of aromatic nitrogens is 2. The van der Waals surface area contributed by atoms with Gasteiger partial charge in [0.05, 0.1) is 16.5 Å². The Hall–Kier alpha value is -2.95. The predicted molar refractivity (Wildman–Crippen MR) is 105 cm³/mol. The smallest absolute Gasteiger partial charge is 0.306 e. The summed E-state index contributed by atoms with van der Waals surface area (Å²) in [5, 5.41) is 22.8. The van der Waals surface area contributed by atoms with Gasteiger partial charge in [-0.25, -0.2) is 0 Å². The fraction of sp³-hybridized carbons (Fsp3) is 0.444. The minimum Gasteiger partial charge on any atom is -0.311 e. The van der Waals surface area contributed by atoms with Gasteiger partial charge in [0.15, 0.2) is 0 Å². The second-order valence-electron chi connectivity index (χ2n) is 6.75. The van der Waals surface area contributed by atoms with E-state index in [0.717, 1.165) is 42.8 Å². The van der Waals surface area contributed by atoms with E-state index >= 15 is 0 Å². The molecule has 11 heteroatoms. The lowest BCUT2D eigenvalue weighted by Crippen LogP contribution is -2.28. The number of hydrogen-bond donors (Lipinski definition) is 1. The molecule has 1 aromatic carbocycles. The van der Waals surface area contributed by atoms with Gasteiger partial charge in [-0.15, -0.1) is 10.2 Å². The van der Waals surface area contributed by atoms with Gasteiger partial charge in [0.2, 0.25) is 22.8 Å². The zero-order valence-electron chi connectivity index (χ0n) is 15.8. The van der Waals surface area contributed by atoms with Crippen molar-refractivity contribution in [2.75, 3.05) is 16.8 Å². The van der Waals surface area contributed by atoms with E-state index in [1.54, 1.807) is 0 Å². The third kappa shape index (κ3) is 4.91. The molecule has 0 aliphatic carbocycles. The summed E-state index contributed by atoms with van der Waals surface area (Å²) in [5.74, 6) is -2.35. The van der Waals surface area contributed by atoms with Crippen LogP contribution in [0.3, 0.4) is 0 Å². The number of rotatable bonds is 8. The molecule has 29 heavy (non-hydrogen) atoms. The summed E-state index contributed by atoms with van der Waals surface area (Å²) in [5.41, 5.74) is -0.528. The first-order chi connectivity index (χ1) is 13.9. The normalized spacial score (nSPS) is 16.3. The highest BCUT2D eigenvalue weighted by molar-refractivity contribution is 7.15. The van der Waals surface area contributed by atoms with Crippen LogP contribution in [0, 0.1) is 21.8 Å². The van der Waals surface area contributed by atoms with Crippen LogP contribution in [0.15, 0.2) is 18.2 Å². The maximum absolute atomic E-state index is 13.5. The maximum atomic E-state index is 13.5. The number of nitrogens with one attached hydrogen (secondary N) is 1. The summed E-state index contributed by atoms with van der Waals surface area (Å²) < 4.78 is 13.5. The van der Waals surface area contributed by atoms with Crippen LogP contribution >= 0.6 is 11.3 Å². The number of aryl methyl sites for hydroxylation is 1. The highest BCUT2D eigenvalue weighted by atomic mass is 32.1. The molecule has 0 saturated carbocycles. The first kappa shape index (κ1) is 20.8. The maximum Gasteiger partial charge on any atom is 0.306 e. The summed E-state index contributed by atoms with van der Waals surface area (Å²) in [6.45, 7) is 2.16. The minimum absolute atomic E-state index is 0.0425. The molecule has 0 spiro atoms. The Morgan fingerprint density at radius 2 is 2.21 bits per heavy atom. The fourth-order valence-electron chi connectivity index (χ4n) is 3.08. The Balaban J connectivity index is 1.63. The first-order valence-electron chi connectivity index (χ1n) is 9.26. The Labute approximate surface area is 170 Å². The molecular formula is C18H20FN5O4S. The number of halogens is 1. The van der Waals surface area contributed by atoms with Crippen molar-refractivity contribution in [3.8, 4) is 0 Å². The summed E-state index contributed by atoms with van der Waals surface area (Å²) in [4.78, 5) is 36.2. The van der Waals surface area contributed by atoms with Crippen LogP contribution in [-0.2, 0) is 16.0 Å². The fourth-order valence-corrected chi connectivity index (χ4v) is 3.86. The topological polar surface area (TPSA) is 118 Å². The molecular weight excluding hydrogens is 401 g/mol. The van der Waals surface area contributed by atoms with Gasteiger partial charge in [0.1, 0.15) is 5.01 Å². The molecule has 0 bridgehead atoms. The third-order valence-electron chi connectivity index (χ3n) is 4.63. The number of carbonyl (C=O) groups excluding carboxylic acids is 2. The lowest BCUT2D eigenvalue weighted by atomic mass is 10.1. The second kappa shape index (κ2) is 9.03. The molecule has 9 nitrogen and oxygen atoms in total. The van der Waals surface area contributed by atoms with Gasteiger partial charge in [0.25, 0.3) is 0 Å². The van der Waals surface area contributed by atoms with Gasteiger partial charge in [-0.05, 0) is 18.6 Å². The van der Waals surface area contributed by atoms with Crippen LogP contribution in [0.4, 0.5) is 20.9 Å². The molecule has 1 aromatic heterocycles. The molecule has 2 aromatic rings. The summed E-state index contributed by atoms with van der Waals surface area (Å²) >= 11 is 1.31. The van der Waals surface area contributed by atoms with Crippen LogP contribution in [0.5, 0.6) is 0 Å². The highest BCUT2D eigenvalue weighted by Crippen LogP contribution is 2.30. The van der Waals surface area contributed by atoms with E-state index < -0.39 is 22.3 Å². The van der Waals surface area contributed by atoms with Crippen molar-refractivity contribution in [1.29, 1.82) is 0 Å². The van der Waals surface area contributed by atoms with E-state index in [4.69, 9.17) is 0 Å². The number of benzene rings is 1. The van der Waals surface area contributed by atoms with Gasteiger partial charge in [-0.1, -0.05) is 31.1 Å². The Kier molecular flexibility index (Phi) is 6.47. The molecule has 1 atom stereocenters. The lowest BCUT2D eigenvalue weighted by Gasteiger charge is -2.16. The van der Waals surface area contributed by atoms with Gasteiger partial charge in [0, 0.05) is 25.5 Å². The van der Waals surface area contributed by atoms with Crippen molar-refractivity contribution < 1.29 is 18.9 Å². The molecule has 1 fully saturated rings. The molecule has 1 aliphatic rings. The number of nitrogens with zero attached hydrogens (tertiary/aromatic N) is 4. The minimum atomic E-state index is -0.981. The lowest BCUT2D eigenvalue weighted by molar-refractivity contribution is -0.387. The number of nitro groups is 1. The predicted octanol–water partition coefficient (Wildman–Crippen LogP) is 3.31. The quantitative estimate of drug-likeness (QED) is 0.397. The van der Waals surface area contributed by atoms with Crippen LogP contribution in [-0.4, -0.2) is 33.5 Å². The molecule has 3 rings (SSSR count). The van der Waals surface area contributed by atoms with E-state index in [9.17, 15) is 24.1 Å². The second-order valence-corrected chi connectivity index (χ2v) is 7.81. The van der Waals surface area contributed by atoms with Crippen molar-refractivity contribution in [1.82, 2.24) is 10.2 Å². The average Bonchev–Trinajstić information content (AvgIpc) is 3.29. The first-order valence-corrected chi connectivity index (χ1v) is 10.1. The molecule has 1 saturated heterocycles. The number of hydrogen-bond acceptors (Lipinski definition) is 7. The molecule has 2 amide bonds. The molecule has 154 valence electrons. The van der Waals surface area contributed by atoms with Gasteiger partial charge in [-0.3, -0.25) is 19.7 Å². The van der Waals surface area contributed by atoms with Crippen LogP contribution in [0.25, 0.3) is 0 Å². The highest BCUT2D eigenvalue weighted by Gasteiger charge is 2.36. The van der Waals surface area contributed by atoms with E-state index in [0.29, 0.717) is 5.13 Å². The van der Waals surface area contributed by atoms with E-state index in [2.05, 4.69) is 22.4 Å². The largest absolute Gasteiger partial charge is 0.311 e.